The molecule has 25 heavy (non-hydrogen) atoms. The molecule has 0 radical (unpaired) electrons. The smallest absolute Gasteiger partial charge is 0.239 e. The Kier molecular flexibility index (Phi) is 5.65. The first-order valence-electron chi connectivity index (χ1n) is 8.91. The van der Waals surface area contributed by atoms with Gasteiger partial charge in [-0.15, -0.1) is 0 Å². The van der Waals surface area contributed by atoms with Gasteiger partial charge in [0.25, 0.3) is 0 Å². The number of likely N-dealkylation sites (N-methyl/N-ethyl adjacent to an activating group) is 2. The van der Waals surface area contributed by atoms with Gasteiger partial charge in [0.2, 0.25) is 11.8 Å². The van der Waals surface area contributed by atoms with Gasteiger partial charge in [-0.1, -0.05) is 6.07 Å². The number of aromatic nitrogens is 1. The monoisotopic (exact) mass is 345 g/mol. The lowest BCUT2D eigenvalue weighted by molar-refractivity contribution is -0.125. The van der Waals surface area contributed by atoms with Crippen LogP contribution < -0.4 is 10.6 Å². The number of likely N-dealkylation sites (tertiary alicyclic amines) is 1. The van der Waals surface area contributed by atoms with E-state index in [-0.39, 0.29) is 29.9 Å². The number of hydrogen-bond acceptors (Lipinski definition) is 5. The van der Waals surface area contributed by atoms with Crippen molar-refractivity contribution >= 4 is 11.8 Å². The quantitative estimate of drug-likeness (QED) is 0.784. The van der Waals surface area contributed by atoms with Crippen LogP contribution in [0, 0.1) is 0 Å². The Morgan fingerprint density at radius 1 is 1.44 bits per heavy atom. The van der Waals surface area contributed by atoms with E-state index >= 15 is 0 Å². The molecule has 0 bridgehead atoms. The second-order valence-electron chi connectivity index (χ2n) is 7.02. The summed E-state index contributed by atoms with van der Waals surface area (Å²) in [5.41, 5.74) is 0.992. The molecular weight excluding hydrogens is 318 g/mol. The van der Waals surface area contributed by atoms with Gasteiger partial charge in [-0.3, -0.25) is 24.4 Å². The Hall–Kier alpha value is -1.99. The number of rotatable bonds is 5. The Morgan fingerprint density at radius 2 is 2.28 bits per heavy atom. The second kappa shape index (κ2) is 7.93. The summed E-state index contributed by atoms with van der Waals surface area (Å²) < 4.78 is 0. The molecule has 1 aromatic rings. The summed E-state index contributed by atoms with van der Waals surface area (Å²) in [7, 11) is 4.08. The van der Waals surface area contributed by atoms with Crippen LogP contribution in [0.15, 0.2) is 24.5 Å². The summed E-state index contributed by atoms with van der Waals surface area (Å²) in [6.45, 7) is 2.04. The predicted molar refractivity (Wildman–Crippen MR) is 94.7 cm³/mol. The molecule has 0 aliphatic carbocycles. The van der Waals surface area contributed by atoms with Crippen molar-refractivity contribution in [3.63, 3.8) is 0 Å². The van der Waals surface area contributed by atoms with Gasteiger partial charge in [-0.2, -0.15) is 0 Å². The highest BCUT2D eigenvalue weighted by atomic mass is 16.2. The summed E-state index contributed by atoms with van der Waals surface area (Å²) in [4.78, 5) is 32.9. The van der Waals surface area contributed by atoms with Crippen LogP contribution in [0.5, 0.6) is 0 Å². The highest BCUT2D eigenvalue weighted by molar-refractivity contribution is 5.83. The van der Waals surface area contributed by atoms with Gasteiger partial charge in [0.1, 0.15) is 6.04 Å². The first-order valence-corrected chi connectivity index (χ1v) is 8.91. The Morgan fingerprint density at radius 3 is 3.04 bits per heavy atom. The number of amides is 2. The molecule has 7 nitrogen and oxygen atoms in total. The average molecular weight is 345 g/mol. The molecule has 2 amide bonds. The molecule has 0 saturated carbocycles. The van der Waals surface area contributed by atoms with Crippen molar-refractivity contribution in [2.45, 2.75) is 43.9 Å². The van der Waals surface area contributed by atoms with Gasteiger partial charge in [0.15, 0.2) is 0 Å². The molecule has 2 aliphatic heterocycles. The van der Waals surface area contributed by atoms with Gasteiger partial charge in [-0.05, 0) is 38.6 Å². The average Bonchev–Trinajstić information content (AvgIpc) is 2.96. The second-order valence-corrected chi connectivity index (χ2v) is 7.02. The highest BCUT2D eigenvalue weighted by Crippen LogP contribution is 2.25. The number of carbonyl (C=O) groups excluding carboxylic acids is 2. The van der Waals surface area contributed by atoms with E-state index in [1.54, 1.807) is 12.4 Å². The fourth-order valence-electron chi connectivity index (χ4n) is 3.86. The van der Waals surface area contributed by atoms with E-state index in [2.05, 4.69) is 32.5 Å². The number of nitrogens with zero attached hydrogens (tertiary/aromatic N) is 3. The molecule has 0 unspecified atom stereocenters. The molecule has 2 saturated heterocycles. The minimum Gasteiger partial charge on any atom is -0.353 e. The zero-order valence-electron chi connectivity index (χ0n) is 14.9. The van der Waals surface area contributed by atoms with E-state index in [4.69, 9.17) is 0 Å². The Bertz CT molecular complexity index is 609. The molecule has 3 atom stereocenters. The van der Waals surface area contributed by atoms with Crippen molar-refractivity contribution < 1.29 is 9.59 Å². The van der Waals surface area contributed by atoms with Crippen LogP contribution in [0.4, 0.5) is 0 Å². The normalized spacial score (nSPS) is 27.4. The standard InChI is InChI=1S/C18H27N5O2/c1-22-9-7-15-17(22)18(25)21-12-14(23(15)2)5-6-16(24)20-11-13-4-3-8-19-10-13/h3-4,8,10,14-15,17H,5-7,9,11-12H2,1-2H3,(H,20,24)(H,21,25)/t14-,15-,17-/m0/s1. The SMILES string of the molecule is CN1CC[C@H]2[C@H]1C(=O)NC[C@H](CCC(=O)NCc1cccnc1)N2C. The fraction of sp³-hybridized carbons (Fsp3) is 0.611. The Labute approximate surface area is 148 Å². The van der Waals surface area contributed by atoms with Crippen molar-refractivity contribution in [1.82, 2.24) is 25.4 Å². The number of carbonyl (C=O) groups is 2. The summed E-state index contributed by atoms with van der Waals surface area (Å²) in [6.07, 6.45) is 5.66. The van der Waals surface area contributed by atoms with Gasteiger partial charge >= 0.3 is 0 Å². The first kappa shape index (κ1) is 17.8. The zero-order chi connectivity index (χ0) is 17.8. The topological polar surface area (TPSA) is 77.6 Å². The molecule has 3 heterocycles. The molecule has 136 valence electrons. The lowest BCUT2D eigenvalue weighted by atomic mass is 10.0. The number of fused-ring (bicyclic) bond motifs is 1. The van der Waals surface area contributed by atoms with Crippen LogP contribution in [0.1, 0.15) is 24.8 Å². The van der Waals surface area contributed by atoms with Crippen molar-refractivity contribution in [2.75, 3.05) is 27.2 Å². The van der Waals surface area contributed by atoms with Crippen LogP contribution in [-0.4, -0.2) is 71.9 Å². The van der Waals surface area contributed by atoms with Gasteiger partial charge in [-0.25, -0.2) is 0 Å². The third kappa shape index (κ3) is 4.16. The van der Waals surface area contributed by atoms with Crippen molar-refractivity contribution in [2.24, 2.45) is 0 Å². The molecule has 7 heteroatoms. The molecular formula is C18H27N5O2. The van der Waals surface area contributed by atoms with Crippen LogP contribution in [0.2, 0.25) is 0 Å². The molecule has 1 aromatic heterocycles. The summed E-state index contributed by atoms with van der Waals surface area (Å²) in [6, 6.07) is 4.15. The number of nitrogens with one attached hydrogen (secondary N) is 2. The van der Waals surface area contributed by atoms with Gasteiger partial charge in [0.05, 0.1) is 0 Å². The van der Waals surface area contributed by atoms with Crippen LogP contribution in [0.25, 0.3) is 0 Å². The van der Waals surface area contributed by atoms with Crippen molar-refractivity contribution in [3.8, 4) is 0 Å². The molecule has 2 fully saturated rings. The van der Waals surface area contributed by atoms with E-state index in [0.717, 1.165) is 24.9 Å². The fourth-order valence-corrected chi connectivity index (χ4v) is 3.86. The molecule has 0 aromatic carbocycles. The third-order valence-corrected chi connectivity index (χ3v) is 5.41. The maximum atomic E-state index is 12.3. The summed E-state index contributed by atoms with van der Waals surface area (Å²) in [5, 5.41) is 5.98. The van der Waals surface area contributed by atoms with Crippen LogP contribution in [0.3, 0.4) is 0 Å². The third-order valence-electron chi connectivity index (χ3n) is 5.41. The maximum absolute atomic E-state index is 12.3. The molecule has 0 spiro atoms. The van der Waals surface area contributed by atoms with Gasteiger partial charge in [0, 0.05) is 50.5 Å². The van der Waals surface area contributed by atoms with E-state index in [0.29, 0.717) is 19.5 Å². The minimum absolute atomic E-state index is 0.0351. The van der Waals surface area contributed by atoms with Crippen LogP contribution >= 0.6 is 0 Å². The summed E-state index contributed by atoms with van der Waals surface area (Å²) >= 11 is 0. The van der Waals surface area contributed by atoms with Gasteiger partial charge < -0.3 is 10.6 Å². The molecule has 2 aliphatic rings. The molecule has 2 N–H and O–H groups in total. The Balaban J connectivity index is 1.50. The van der Waals surface area contributed by atoms with E-state index in [1.807, 2.05) is 19.2 Å². The largest absolute Gasteiger partial charge is 0.353 e. The van der Waals surface area contributed by atoms with Crippen molar-refractivity contribution in [3.05, 3.63) is 30.1 Å². The number of hydrogen-bond donors (Lipinski definition) is 2. The lowest BCUT2D eigenvalue weighted by Gasteiger charge is -2.32. The summed E-state index contributed by atoms with van der Waals surface area (Å²) in [5.74, 6) is 0.147. The minimum atomic E-state index is -0.0746. The van der Waals surface area contributed by atoms with Crippen LogP contribution in [-0.2, 0) is 16.1 Å². The maximum Gasteiger partial charge on any atom is 0.239 e. The van der Waals surface area contributed by atoms with E-state index in [1.165, 1.54) is 0 Å². The predicted octanol–water partition coefficient (Wildman–Crippen LogP) is -0.0191. The number of pyridine rings is 1. The van der Waals surface area contributed by atoms with Crippen molar-refractivity contribution in [1.29, 1.82) is 0 Å². The lowest BCUT2D eigenvalue weighted by Crippen LogP contribution is -2.48. The van der Waals surface area contributed by atoms with E-state index in [9.17, 15) is 9.59 Å². The first-order chi connectivity index (χ1) is 12.1. The zero-order valence-corrected chi connectivity index (χ0v) is 14.9. The highest BCUT2D eigenvalue weighted by Gasteiger charge is 2.43. The molecule has 3 rings (SSSR count). The van der Waals surface area contributed by atoms with E-state index < -0.39 is 0 Å².